The summed E-state index contributed by atoms with van der Waals surface area (Å²) in [6, 6.07) is 0. The number of rotatable bonds is 4. The van der Waals surface area contributed by atoms with Crippen molar-refractivity contribution in [3.05, 3.63) is 33.9 Å². The topological polar surface area (TPSA) is 119 Å². The van der Waals surface area contributed by atoms with Gasteiger partial charge in [-0.3, -0.25) is 24.9 Å². The zero-order valence-corrected chi connectivity index (χ0v) is 10.4. The third-order valence-corrected chi connectivity index (χ3v) is 2.52. The summed E-state index contributed by atoms with van der Waals surface area (Å²) in [5.74, 6) is -0.0200. The number of aromatic nitrogens is 4. The fourth-order valence-electron chi connectivity index (χ4n) is 1.46. The monoisotopic (exact) mass is 264 g/mol. The van der Waals surface area contributed by atoms with E-state index in [0.29, 0.717) is 5.95 Å². The molecule has 9 nitrogen and oxygen atoms in total. The number of imidazole rings is 1. The first-order valence-electron chi connectivity index (χ1n) is 5.45. The van der Waals surface area contributed by atoms with Gasteiger partial charge in [0.2, 0.25) is 11.9 Å². The highest BCUT2D eigenvalue weighted by Crippen LogP contribution is 2.09. The molecule has 0 saturated heterocycles. The Bertz CT molecular complexity index is 609. The van der Waals surface area contributed by atoms with E-state index < -0.39 is 4.92 Å². The minimum atomic E-state index is -0.569. The molecule has 2 rings (SSSR count). The third-order valence-electron chi connectivity index (χ3n) is 2.52. The van der Waals surface area contributed by atoms with Crippen LogP contribution in [0.2, 0.25) is 0 Å². The van der Waals surface area contributed by atoms with E-state index in [0.717, 1.165) is 17.6 Å². The SMILES string of the molecule is Cc1nc(NC(=O)Cn2cc([N+](=O)[O-])cn2)[nH]c1C. The van der Waals surface area contributed by atoms with Crippen molar-refractivity contribution in [2.75, 3.05) is 5.32 Å². The molecular weight excluding hydrogens is 252 g/mol. The fourth-order valence-corrected chi connectivity index (χ4v) is 1.46. The highest BCUT2D eigenvalue weighted by Gasteiger charge is 2.12. The number of nitrogens with one attached hydrogen (secondary N) is 2. The summed E-state index contributed by atoms with van der Waals surface area (Å²) in [6.45, 7) is 3.54. The lowest BCUT2D eigenvalue weighted by Gasteiger charge is -2.01. The van der Waals surface area contributed by atoms with Gasteiger partial charge >= 0.3 is 5.69 Å². The lowest BCUT2D eigenvalue weighted by atomic mass is 10.4. The molecule has 2 aromatic rings. The van der Waals surface area contributed by atoms with Gasteiger partial charge in [0, 0.05) is 5.69 Å². The number of nitro groups is 1. The normalized spacial score (nSPS) is 10.4. The summed E-state index contributed by atoms with van der Waals surface area (Å²) in [4.78, 5) is 28.6. The van der Waals surface area contributed by atoms with Crippen molar-refractivity contribution in [3.8, 4) is 0 Å². The number of hydrogen-bond donors (Lipinski definition) is 2. The number of H-pyrrole nitrogens is 1. The van der Waals surface area contributed by atoms with Gasteiger partial charge in [-0.25, -0.2) is 4.98 Å². The maximum Gasteiger partial charge on any atom is 0.307 e. The molecule has 0 radical (unpaired) electrons. The highest BCUT2D eigenvalue weighted by atomic mass is 16.6. The predicted molar refractivity (Wildman–Crippen MR) is 65.6 cm³/mol. The molecule has 2 N–H and O–H groups in total. The Morgan fingerprint density at radius 2 is 2.32 bits per heavy atom. The molecule has 0 saturated carbocycles. The van der Waals surface area contributed by atoms with Gasteiger partial charge in [0.1, 0.15) is 18.9 Å². The van der Waals surface area contributed by atoms with Crippen LogP contribution in [0, 0.1) is 24.0 Å². The van der Waals surface area contributed by atoms with E-state index in [1.807, 2.05) is 13.8 Å². The Kier molecular flexibility index (Phi) is 3.27. The Labute approximate surface area is 107 Å². The first-order chi connectivity index (χ1) is 8.95. The summed E-state index contributed by atoms with van der Waals surface area (Å²) < 4.78 is 1.19. The van der Waals surface area contributed by atoms with Crippen LogP contribution in [0.3, 0.4) is 0 Å². The fraction of sp³-hybridized carbons (Fsp3) is 0.300. The van der Waals surface area contributed by atoms with Crippen molar-refractivity contribution in [2.24, 2.45) is 0 Å². The lowest BCUT2D eigenvalue weighted by Crippen LogP contribution is -2.19. The molecule has 100 valence electrons. The van der Waals surface area contributed by atoms with Crippen LogP contribution in [0.25, 0.3) is 0 Å². The van der Waals surface area contributed by atoms with Crippen LogP contribution in [0.4, 0.5) is 11.6 Å². The predicted octanol–water partition coefficient (Wildman–Crippen LogP) is 0.770. The van der Waals surface area contributed by atoms with E-state index >= 15 is 0 Å². The van der Waals surface area contributed by atoms with Crippen molar-refractivity contribution in [2.45, 2.75) is 20.4 Å². The van der Waals surface area contributed by atoms with Crippen molar-refractivity contribution >= 4 is 17.5 Å². The summed E-state index contributed by atoms with van der Waals surface area (Å²) in [7, 11) is 0. The van der Waals surface area contributed by atoms with Crippen molar-refractivity contribution in [1.29, 1.82) is 0 Å². The number of aryl methyl sites for hydroxylation is 2. The maximum atomic E-state index is 11.7. The van der Waals surface area contributed by atoms with E-state index in [4.69, 9.17) is 0 Å². The van der Waals surface area contributed by atoms with E-state index in [1.165, 1.54) is 10.9 Å². The number of carbonyl (C=O) groups is 1. The largest absolute Gasteiger partial charge is 0.328 e. The summed E-state index contributed by atoms with van der Waals surface area (Å²) >= 11 is 0. The number of hydrogen-bond acceptors (Lipinski definition) is 5. The second kappa shape index (κ2) is 4.88. The number of aromatic amines is 1. The molecule has 0 unspecified atom stereocenters. The first kappa shape index (κ1) is 12.7. The molecule has 9 heteroatoms. The average molecular weight is 264 g/mol. The lowest BCUT2D eigenvalue weighted by molar-refractivity contribution is -0.385. The standard InChI is InChI=1S/C10H12N6O3/c1-6-7(2)13-10(12-6)14-9(17)5-15-4-8(3-11-15)16(18)19/h3-4H,5H2,1-2H3,(H2,12,13,14,17). The third kappa shape index (κ3) is 2.94. The van der Waals surface area contributed by atoms with Gasteiger partial charge in [-0.15, -0.1) is 0 Å². The van der Waals surface area contributed by atoms with Gasteiger partial charge in [-0.05, 0) is 13.8 Å². The van der Waals surface area contributed by atoms with Crippen LogP contribution in [-0.4, -0.2) is 30.6 Å². The summed E-state index contributed by atoms with van der Waals surface area (Å²) in [6.07, 6.45) is 2.28. The Morgan fingerprint density at radius 1 is 1.58 bits per heavy atom. The Balaban J connectivity index is 1.99. The molecular formula is C10H12N6O3. The number of carbonyl (C=O) groups excluding carboxylic acids is 1. The van der Waals surface area contributed by atoms with Gasteiger partial charge < -0.3 is 4.98 Å². The number of anilines is 1. The van der Waals surface area contributed by atoms with Crippen molar-refractivity contribution in [3.63, 3.8) is 0 Å². The van der Waals surface area contributed by atoms with Crippen LogP contribution in [0.1, 0.15) is 11.4 Å². The quantitative estimate of drug-likeness (QED) is 0.624. The van der Waals surface area contributed by atoms with Gasteiger partial charge in [-0.1, -0.05) is 0 Å². The van der Waals surface area contributed by atoms with Crippen molar-refractivity contribution in [1.82, 2.24) is 19.7 Å². The minimum absolute atomic E-state index is 0.118. The zero-order chi connectivity index (χ0) is 14.0. The molecule has 2 heterocycles. The van der Waals surface area contributed by atoms with Crippen LogP contribution in [0.15, 0.2) is 12.4 Å². The molecule has 0 spiro atoms. The molecule has 0 aliphatic carbocycles. The highest BCUT2D eigenvalue weighted by molar-refractivity contribution is 5.88. The van der Waals surface area contributed by atoms with Gasteiger partial charge in [0.25, 0.3) is 0 Å². The second-order valence-electron chi connectivity index (χ2n) is 4.00. The maximum absolute atomic E-state index is 11.7. The van der Waals surface area contributed by atoms with Gasteiger partial charge in [0.15, 0.2) is 0 Å². The summed E-state index contributed by atoms with van der Waals surface area (Å²) in [5.41, 5.74) is 1.51. The van der Waals surface area contributed by atoms with Gasteiger partial charge in [-0.2, -0.15) is 5.10 Å². The molecule has 0 bridgehead atoms. The molecule has 0 fully saturated rings. The van der Waals surface area contributed by atoms with Crippen LogP contribution in [-0.2, 0) is 11.3 Å². The van der Waals surface area contributed by atoms with Crippen LogP contribution in [0.5, 0.6) is 0 Å². The smallest absolute Gasteiger partial charge is 0.307 e. The molecule has 19 heavy (non-hydrogen) atoms. The number of amides is 1. The average Bonchev–Trinajstić information content (AvgIpc) is 2.87. The zero-order valence-electron chi connectivity index (χ0n) is 10.4. The second-order valence-corrected chi connectivity index (χ2v) is 4.00. The molecule has 2 aromatic heterocycles. The first-order valence-corrected chi connectivity index (χ1v) is 5.45. The van der Waals surface area contributed by atoms with E-state index in [9.17, 15) is 14.9 Å². The molecule has 0 aromatic carbocycles. The molecule has 1 amide bonds. The Hall–Kier alpha value is -2.71. The summed E-state index contributed by atoms with van der Waals surface area (Å²) in [5, 5.41) is 16.7. The molecule has 0 atom stereocenters. The van der Waals surface area contributed by atoms with E-state index in [2.05, 4.69) is 20.4 Å². The molecule has 0 aliphatic rings. The Morgan fingerprint density at radius 3 is 2.84 bits per heavy atom. The van der Waals surface area contributed by atoms with Crippen molar-refractivity contribution < 1.29 is 9.72 Å². The number of nitrogens with zero attached hydrogens (tertiary/aromatic N) is 4. The van der Waals surface area contributed by atoms with Crippen LogP contribution >= 0.6 is 0 Å². The van der Waals surface area contributed by atoms with Gasteiger partial charge in [0.05, 0.1) is 10.6 Å². The minimum Gasteiger partial charge on any atom is -0.328 e. The van der Waals surface area contributed by atoms with Crippen LogP contribution < -0.4 is 5.32 Å². The molecule has 0 aliphatic heterocycles. The van der Waals surface area contributed by atoms with E-state index in [1.54, 1.807) is 0 Å². The van der Waals surface area contributed by atoms with E-state index in [-0.39, 0.29) is 18.1 Å².